The van der Waals surface area contributed by atoms with E-state index in [1.54, 1.807) is 0 Å². The first-order valence-electron chi connectivity index (χ1n) is 7.76. The molecule has 3 nitrogen and oxygen atoms in total. The molecule has 0 spiro atoms. The molecule has 0 radical (unpaired) electrons. The number of rotatable bonds is 4. The van der Waals surface area contributed by atoms with Crippen molar-refractivity contribution in [1.82, 2.24) is 9.47 Å². The van der Waals surface area contributed by atoms with Crippen molar-refractivity contribution in [1.29, 1.82) is 0 Å². The lowest BCUT2D eigenvalue weighted by Crippen LogP contribution is -2.28. The SMILES string of the molecule is Cc1cc(Cl)cc(C)c1-n1cccc1C(=O)CN1CCCC1. The highest BCUT2D eigenvalue weighted by Gasteiger charge is 2.20. The van der Waals surface area contributed by atoms with E-state index in [2.05, 4.69) is 4.90 Å². The summed E-state index contributed by atoms with van der Waals surface area (Å²) in [7, 11) is 0. The molecule has 1 aromatic heterocycles. The molecular formula is C18H21ClN2O. The maximum atomic E-state index is 12.7. The molecular weight excluding hydrogens is 296 g/mol. The second-order valence-electron chi connectivity index (χ2n) is 6.06. The Morgan fingerprint density at radius 2 is 1.82 bits per heavy atom. The number of aryl methyl sites for hydroxylation is 2. The minimum atomic E-state index is 0.181. The highest BCUT2D eigenvalue weighted by Crippen LogP contribution is 2.25. The van der Waals surface area contributed by atoms with E-state index in [9.17, 15) is 4.79 Å². The van der Waals surface area contributed by atoms with Gasteiger partial charge in [-0.05, 0) is 75.2 Å². The number of hydrogen-bond acceptors (Lipinski definition) is 2. The van der Waals surface area contributed by atoms with Crippen LogP contribution in [0.1, 0.15) is 34.5 Å². The number of carbonyl (C=O) groups is 1. The molecule has 3 rings (SSSR count). The van der Waals surface area contributed by atoms with Crippen LogP contribution in [0.25, 0.3) is 5.69 Å². The second-order valence-corrected chi connectivity index (χ2v) is 6.49. The molecule has 1 aliphatic heterocycles. The van der Waals surface area contributed by atoms with Crippen molar-refractivity contribution in [3.05, 3.63) is 52.3 Å². The van der Waals surface area contributed by atoms with E-state index in [-0.39, 0.29) is 5.78 Å². The van der Waals surface area contributed by atoms with Crippen LogP contribution in [0.2, 0.25) is 5.02 Å². The molecule has 1 aliphatic rings. The summed E-state index contributed by atoms with van der Waals surface area (Å²) in [6.07, 6.45) is 4.35. The van der Waals surface area contributed by atoms with Crippen LogP contribution in [0.3, 0.4) is 0 Å². The molecule has 2 aromatic rings. The number of Topliss-reactive ketones (excluding diaryl/α,β-unsaturated/α-hetero) is 1. The molecule has 0 saturated carbocycles. The summed E-state index contributed by atoms with van der Waals surface area (Å²) < 4.78 is 2.00. The molecule has 0 N–H and O–H groups in total. The van der Waals surface area contributed by atoms with Gasteiger partial charge in [0.15, 0.2) is 5.78 Å². The summed E-state index contributed by atoms with van der Waals surface area (Å²) in [4.78, 5) is 14.9. The topological polar surface area (TPSA) is 25.2 Å². The lowest BCUT2D eigenvalue weighted by atomic mass is 10.1. The Hall–Kier alpha value is -1.58. The normalized spacial score (nSPS) is 15.4. The van der Waals surface area contributed by atoms with Crippen LogP contribution < -0.4 is 0 Å². The smallest absolute Gasteiger partial charge is 0.193 e. The molecule has 1 fully saturated rings. The number of hydrogen-bond donors (Lipinski definition) is 0. The van der Waals surface area contributed by atoms with Gasteiger partial charge in [-0.1, -0.05) is 11.6 Å². The Labute approximate surface area is 136 Å². The van der Waals surface area contributed by atoms with Crippen LogP contribution in [-0.2, 0) is 0 Å². The zero-order valence-corrected chi connectivity index (χ0v) is 13.9. The van der Waals surface area contributed by atoms with Crippen LogP contribution in [0, 0.1) is 13.8 Å². The van der Waals surface area contributed by atoms with E-state index >= 15 is 0 Å². The summed E-state index contributed by atoms with van der Waals surface area (Å²) in [6.45, 7) is 6.64. The lowest BCUT2D eigenvalue weighted by Gasteiger charge is -2.17. The van der Waals surface area contributed by atoms with E-state index in [4.69, 9.17) is 11.6 Å². The molecule has 2 heterocycles. The first kappa shape index (κ1) is 15.3. The van der Waals surface area contributed by atoms with Crippen LogP contribution in [0.4, 0.5) is 0 Å². The number of carbonyl (C=O) groups excluding carboxylic acids is 1. The van der Waals surface area contributed by atoms with E-state index in [1.165, 1.54) is 12.8 Å². The van der Waals surface area contributed by atoms with Crippen LogP contribution in [0.15, 0.2) is 30.5 Å². The molecule has 0 atom stereocenters. The third kappa shape index (κ3) is 2.96. The summed E-state index contributed by atoms with van der Waals surface area (Å²) in [5.41, 5.74) is 3.97. The Morgan fingerprint density at radius 3 is 2.45 bits per heavy atom. The Bertz CT molecular complexity index is 676. The van der Waals surface area contributed by atoms with Gasteiger partial charge in [0.25, 0.3) is 0 Å². The molecule has 0 aliphatic carbocycles. The standard InChI is InChI=1S/C18H21ClN2O/c1-13-10-15(19)11-14(2)18(13)21-9-5-6-16(21)17(22)12-20-7-3-4-8-20/h5-6,9-11H,3-4,7-8,12H2,1-2H3. The first-order chi connectivity index (χ1) is 10.6. The summed E-state index contributed by atoms with van der Waals surface area (Å²) >= 11 is 6.12. The molecule has 22 heavy (non-hydrogen) atoms. The second kappa shape index (κ2) is 6.27. The van der Waals surface area contributed by atoms with Gasteiger partial charge in [0.2, 0.25) is 0 Å². The molecule has 1 aromatic carbocycles. The third-order valence-corrected chi connectivity index (χ3v) is 4.52. The fourth-order valence-electron chi connectivity index (χ4n) is 3.31. The minimum Gasteiger partial charge on any atom is -0.313 e. The van der Waals surface area contributed by atoms with E-state index < -0.39 is 0 Å². The fraction of sp³-hybridized carbons (Fsp3) is 0.389. The molecule has 1 saturated heterocycles. The van der Waals surface area contributed by atoms with Gasteiger partial charge in [0, 0.05) is 11.2 Å². The van der Waals surface area contributed by atoms with Gasteiger partial charge < -0.3 is 4.57 Å². The maximum absolute atomic E-state index is 12.7. The predicted molar refractivity (Wildman–Crippen MR) is 90.3 cm³/mol. The van der Waals surface area contributed by atoms with Gasteiger partial charge in [0.1, 0.15) is 0 Å². The molecule has 0 unspecified atom stereocenters. The van der Waals surface area contributed by atoms with Crippen molar-refractivity contribution >= 4 is 17.4 Å². The average molecular weight is 317 g/mol. The maximum Gasteiger partial charge on any atom is 0.193 e. The van der Waals surface area contributed by atoms with Crippen molar-refractivity contribution in [2.24, 2.45) is 0 Å². The Kier molecular flexibility index (Phi) is 4.37. The van der Waals surface area contributed by atoms with Gasteiger partial charge in [0.05, 0.1) is 17.9 Å². The summed E-state index contributed by atoms with van der Waals surface area (Å²) in [5, 5.41) is 0.732. The molecule has 0 bridgehead atoms. The number of ketones is 1. The van der Waals surface area contributed by atoms with Crippen molar-refractivity contribution in [2.45, 2.75) is 26.7 Å². The third-order valence-electron chi connectivity index (χ3n) is 4.30. The monoisotopic (exact) mass is 316 g/mol. The number of likely N-dealkylation sites (tertiary alicyclic amines) is 1. The van der Waals surface area contributed by atoms with Gasteiger partial charge in [-0.2, -0.15) is 0 Å². The highest BCUT2D eigenvalue weighted by molar-refractivity contribution is 6.30. The summed E-state index contributed by atoms with van der Waals surface area (Å²) in [6, 6.07) is 7.73. The lowest BCUT2D eigenvalue weighted by molar-refractivity contribution is 0.0938. The van der Waals surface area contributed by atoms with Crippen LogP contribution in [-0.4, -0.2) is 34.9 Å². The number of benzene rings is 1. The van der Waals surface area contributed by atoms with Crippen molar-refractivity contribution in [2.75, 3.05) is 19.6 Å². The van der Waals surface area contributed by atoms with Crippen molar-refractivity contribution < 1.29 is 4.79 Å². The Balaban J connectivity index is 1.93. The highest BCUT2D eigenvalue weighted by atomic mass is 35.5. The van der Waals surface area contributed by atoms with Gasteiger partial charge >= 0.3 is 0 Å². The minimum absolute atomic E-state index is 0.181. The molecule has 116 valence electrons. The largest absolute Gasteiger partial charge is 0.313 e. The van der Waals surface area contributed by atoms with E-state index in [0.717, 1.165) is 40.6 Å². The van der Waals surface area contributed by atoms with Gasteiger partial charge in [-0.3, -0.25) is 9.69 Å². The zero-order valence-electron chi connectivity index (χ0n) is 13.1. The number of aromatic nitrogens is 1. The van der Waals surface area contributed by atoms with Crippen molar-refractivity contribution in [3.8, 4) is 5.69 Å². The number of nitrogens with zero attached hydrogens (tertiary/aromatic N) is 2. The predicted octanol–water partition coefficient (Wildman–Crippen LogP) is 4.03. The van der Waals surface area contributed by atoms with Crippen LogP contribution in [0.5, 0.6) is 0 Å². The summed E-state index contributed by atoms with van der Waals surface area (Å²) in [5.74, 6) is 0.181. The fourth-order valence-corrected chi connectivity index (χ4v) is 3.64. The van der Waals surface area contributed by atoms with Gasteiger partial charge in [-0.25, -0.2) is 0 Å². The molecule has 0 amide bonds. The Morgan fingerprint density at radius 1 is 1.18 bits per heavy atom. The van der Waals surface area contributed by atoms with Crippen molar-refractivity contribution in [3.63, 3.8) is 0 Å². The first-order valence-corrected chi connectivity index (χ1v) is 8.14. The van der Waals surface area contributed by atoms with Crippen LogP contribution >= 0.6 is 11.6 Å². The average Bonchev–Trinajstić information content (AvgIpc) is 3.08. The quantitative estimate of drug-likeness (QED) is 0.796. The van der Waals surface area contributed by atoms with E-state index in [1.807, 2.05) is 48.9 Å². The van der Waals surface area contributed by atoms with E-state index in [0.29, 0.717) is 6.54 Å². The molecule has 4 heteroatoms. The van der Waals surface area contributed by atoms with Gasteiger partial charge in [-0.15, -0.1) is 0 Å². The zero-order chi connectivity index (χ0) is 15.7. The number of halogens is 1.